The Kier molecular flexibility index (Phi) is 6.84. The first kappa shape index (κ1) is 25.4. The van der Waals surface area contributed by atoms with Gasteiger partial charge in [0, 0.05) is 11.1 Å². The number of aryl methyl sites for hydroxylation is 4. The molecule has 2 N–H and O–H groups in total. The third-order valence-corrected chi connectivity index (χ3v) is 6.73. The van der Waals surface area contributed by atoms with E-state index in [1.807, 2.05) is 30.3 Å². The molecule has 0 saturated carbocycles. The minimum atomic E-state index is -1.96. The summed E-state index contributed by atoms with van der Waals surface area (Å²) in [4.78, 5) is 22.4. The molecule has 4 aromatic rings. The summed E-state index contributed by atoms with van der Waals surface area (Å²) in [7, 11) is 0. The number of anilines is 1. The number of amides is 1. The van der Waals surface area contributed by atoms with Crippen molar-refractivity contribution < 1.29 is 27.5 Å². The molecule has 1 aromatic heterocycles. The van der Waals surface area contributed by atoms with Gasteiger partial charge in [0.15, 0.2) is 29.1 Å². The van der Waals surface area contributed by atoms with Crippen LogP contribution in [0.25, 0.3) is 11.3 Å². The number of rotatable bonds is 6. The summed E-state index contributed by atoms with van der Waals surface area (Å²) < 4.78 is 55.8. The van der Waals surface area contributed by atoms with Crippen LogP contribution in [0.1, 0.15) is 33.6 Å². The molecule has 194 valence electrons. The molecule has 1 amide bonds. The molecule has 0 fully saturated rings. The third kappa shape index (κ3) is 4.83. The molecule has 0 unspecified atom stereocenters. The number of phenols is 1. The van der Waals surface area contributed by atoms with E-state index in [-0.39, 0.29) is 11.6 Å². The van der Waals surface area contributed by atoms with E-state index in [1.54, 1.807) is 18.2 Å². The number of phenolic OH excluding ortho intramolecular Hbond substituents is 1. The molecule has 38 heavy (non-hydrogen) atoms. The summed E-state index contributed by atoms with van der Waals surface area (Å²) in [5, 5.41) is 12.5. The minimum absolute atomic E-state index is 0.157. The molecule has 0 spiro atoms. The average molecular weight is 522 g/mol. The summed E-state index contributed by atoms with van der Waals surface area (Å²) in [6, 6.07) is 14.7. The number of benzene rings is 3. The van der Waals surface area contributed by atoms with Crippen LogP contribution in [0.2, 0.25) is 0 Å². The highest BCUT2D eigenvalue weighted by atomic mass is 19.2. The van der Waals surface area contributed by atoms with Gasteiger partial charge in [0.2, 0.25) is 5.91 Å². The topological polar surface area (TPSA) is 75.1 Å². The number of fused-ring (bicyclic) bond motifs is 3. The maximum atomic E-state index is 14.4. The monoisotopic (exact) mass is 521 g/mol. The number of halogens is 4. The van der Waals surface area contributed by atoms with E-state index in [1.165, 1.54) is 0 Å². The Labute approximate surface area is 216 Å². The van der Waals surface area contributed by atoms with Crippen molar-refractivity contribution in [2.45, 2.75) is 39.0 Å². The molecule has 5 rings (SSSR count). The fourth-order valence-corrected chi connectivity index (χ4v) is 4.68. The number of hydrogen-bond acceptors (Lipinski definition) is 4. The molecular weight excluding hydrogens is 498 g/mol. The van der Waals surface area contributed by atoms with Gasteiger partial charge in [0.1, 0.15) is 5.75 Å². The van der Waals surface area contributed by atoms with E-state index in [2.05, 4.69) is 10.3 Å². The van der Waals surface area contributed by atoms with Gasteiger partial charge in [-0.3, -0.25) is 4.79 Å². The molecular formula is C29H23F4N3O2. The fraction of sp³-hybridized carbons (Fsp3) is 0.207. The van der Waals surface area contributed by atoms with Crippen LogP contribution >= 0.6 is 0 Å². The van der Waals surface area contributed by atoms with Gasteiger partial charge in [-0.05, 0) is 67.5 Å². The second-order valence-electron chi connectivity index (χ2n) is 9.23. The summed E-state index contributed by atoms with van der Waals surface area (Å²) >= 11 is 0. The Morgan fingerprint density at radius 1 is 0.921 bits per heavy atom. The zero-order valence-corrected chi connectivity index (χ0v) is 20.4. The molecule has 0 radical (unpaired) electrons. The SMILES string of the molecule is Cc1c(F)c(F)c(F)c(F)c1CC(=O)Nc1nc2c(nc1CCc1ccccc1)-c1ccc(O)cc1CC2. The maximum Gasteiger partial charge on any atom is 0.230 e. The van der Waals surface area contributed by atoms with Gasteiger partial charge in [0.25, 0.3) is 0 Å². The van der Waals surface area contributed by atoms with Crippen molar-refractivity contribution in [3.8, 4) is 17.0 Å². The molecule has 5 nitrogen and oxygen atoms in total. The molecule has 0 atom stereocenters. The van der Waals surface area contributed by atoms with Crippen LogP contribution in [-0.2, 0) is 36.9 Å². The lowest BCUT2D eigenvalue weighted by Gasteiger charge is -2.21. The van der Waals surface area contributed by atoms with Crippen LogP contribution in [0.15, 0.2) is 48.5 Å². The van der Waals surface area contributed by atoms with Crippen LogP contribution < -0.4 is 5.32 Å². The van der Waals surface area contributed by atoms with Gasteiger partial charge in [-0.15, -0.1) is 0 Å². The lowest BCUT2D eigenvalue weighted by atomic mass is 9.91. The van der Waals surface area contributed by atoms with E-state index in [4.69, 9.17) is 4.98 Å². The van der Waals surface area contributed by atoms with Crippen LogP contribution in [0.4, 0.5) is 23.4 Å². The predicted molar refractivity (Wildman–Crippen MR) is 134 cm³/mol. The van der Waals surface area contributed by atoms with Crippen LogP contribution in [0, 0.1) is 30.2 Å². The molecule has 0 saturated heterocycles. The Balaban J connectivity index is 1.49. The highest BCUT2D eigenvalue weighted by Gasteiger charge is 2.26. The number of carbonyl (C=O) groups is 1. The zero-order valence-electron chi connectivity index (χ0n) is 20.4. The van der Waals surface area contributed by atoms with E-state index >= 15 is 0 Å². The Morgan fingerprint density at radius 3 is 2.42 bits per heavy atom. The number of aromatic nitrogens is 2. The van der Waals surface area contributed by atoms with Crippen molar-refractivity contribution in [1.82, 2.24) is 9.97 Å². The standard InChI is InChI=1S/C29H23F4N3O2/c1-15-20(25(31)27(33)26(32)24(15)30)14-23(38)36-29-22(11-7-16-5-3-2-4-6-16)34-28-19-10-9-18(37)13-17(19)8-12-21(28)35-29/h2-6,9-10,13,37H,7-8,11-12,14H2,1H3,(H,35,36,38). The largest absolute Gasteiger partial charge is 0.508 e. The average Bonchev–Trinajstić information content (AvgIpc) is 2.92. The lowest BCUT2D eigenvalue weighted by molar-refractivity contribution is -0.115. The van der Waals surface area contributed by atoms with Crippen molar-refractivity contribution in [2.24, 2.45) is 0 Å². The molecule has 1 heterocycles. The second kappa shape index (κ2) is 10.2. The van der Waals surface area contributed by atoms with E-state index in [0.29, 0.717) is 42.8 Å². The van der Waals surface area contributed by atoms with Crippen molar-refractivity contribution in [3.63, 3.8) is 0 Å². The normalized spacial score (nSPS) is 12.1. The summed E-state index contributed by atoms with van der Waals surface area (Å²) in [5.41, 5.74) is 3.55. The van der Waals surface area contributed by atoms with Crippen LogP contribution in [0.3, 0.4) is 0 Å². The van der Waals surface area contributed by atoms with Crippen molar-refractivity contribution in [2.75, 3.05) is 5.32 Å². The molecule has 3 aromatic carbocycles. The predicted octanol–water partition coefficient (Wildman–Crippen LogP) is 5.78. The van der Waals surface area contributed by atoms with E-state index < -0.39 is 46.7 Å². The Bertz CT molecular complexity index is 1530. The van der Waals surface area contributed by atoms with Gasteiger partial charge in [-0.25, -0.2) is 27.5 Å². The molecule has 1 aliphatic rings. The first-order valence-electron chi connectivity index (χ1n) is 12.1. The first-order valence-corrected chi connectivity index (χ1v) is 12.1. The maximum absolute atomic E-state index is 14.4. The smallest absolute Gasteiger partial charge is 0.230 e. The van der Waals surface area contributed by atoms with E-state index in [9.17, 15) is 27.5 Å². The minimum Gasteiger partial charge on any atom is -0.508 e. The van der Waals surface area contributed by atoms with Gasteiger partial charge < -0.3 is 10.4 Å². The summed E-state index contributed by atoms with van der Waals surface area (Å²) in [6.45, 7) is 1.09. The van der Waals surface area contributed by atoms with Gasteiger partial charge in [0.05, 0.1) is 23.5 Å². The van der Waals surface area contributed by atoms with Gasteiger partial charge in [-0.2, -0.15) is 0 Å². The lowest BCUT2D eigenvalue weighted by Crippen LogP contribution is -2.21. The van der Waals surface area contributed by atoms with Crippen molar-refractivity contribution >= 4 is 11.7 Å². The Hall–Kier alpha value is -4.27. The second-order valence-corrected chi connectivity index (χ2v) is 9.23. The van der Waals surface area contributed by atoms with E-state index in [0.717, 1.165) is 23.6 Å². The number of carbonyl (C=O) groups excluding carboxylic acids is 1. The molecule has 9 heteroatoms. The summed E-state index contributed by atoms with van der Waals surface area (Å²) in [5.74, 6) is -7.45. The molecule has 0 bridgehead atoms. The highest BCUT2D eigenvalue weighted by Crippen LogP contribution is 2.35. The Morgan fingerprint density at radius 2 is 1.66 bits per heavy atom. The van der Waals surface area contributed by atoms with Gasteiger partial charge in [-0.1, -0.05) is 30.3 Å². The highest BCUT2D eigenvalue weighted by molar-refractivity contribution is 5.92. The zero-order chi connectivity index (χ0) is 27.0. The number of aromatic hydroxyl groups is 1. The van der Waals surface area contributed by atoms with Crippen LogP contribution in [-0.4, -0.2) is 21.0 Å². The van der Waals surface area contributed by atoms with Crippen molar-refractivity contribution in [1.29, 1.82) is 0 Å². The summed E-state index contributed by atoms with van der Waals surface area (Å²) in [6.07, 6.45) is 1.43. The van der Waals surface area contributed by atoms with Crippen molar-refractivity contribution in [3.05, 3.63) is 105 Å². The van der Waals surface area contributed by atoms with Crippen LogP contribution in [0.5, 0.6) is 5.75 Å². The molecule has 1 aliphatic carbocycles. The quantitative estimate of drug-likeness (QED) is 0.192. The number of nitrogens with one attached hydrogen (secondary N) is 1. The van der Waals surface area contributed by atoms with Gasteiger partial charge >= 0.3 is 0 Å². The third-order valence-electron chi connectivity index (χ3n) is 6.73. The first-order chi connectivity index (χ1) is 18.2. The molecule has 0 aliphatic heterocycles. The fourth-order valence-electron chi connectivity index (χ4n) is 4.68. The number of hydrogen-bond donors (Lipinski definition) is 2. The number of nitrogens with zero attached hydrogens (tertiary/aromatic N) is 2.